The van der Waals surface area contributed by atoms with E-state index >= 15 is 0 Å². The van der Waals surface area contributed by atoms with Gasteiger partial charge in [-0.2, -0.15) is 0 Å². The van der Waals surface area contributed by atoms with E-state index in [1.165, 1.54) is 37.7 Å². The lowest BCUT2D eigenvalue weighted by Gasteiger charge is -2.02. The first-order chi connectivity index (χ1) is 9.63. The van der Waals surface area contributed by atoms with Gasteiger partial charge in [-0.15, -0.1) is 12.6 Å². The molecule has 0 amide bonds. The zero-order valence-corrected chi connectivity index (χ0v) is 15.3. The minimum Gasteiger partial charge on any atom is -0.480 e. The van der Waals surface area contributed by atoms with Crippen LogP contribution >= 0.6 is 24.8 Å². The van der Waals surface area contributed by atoms with Crippen molar-refractivity contribution >= 4 is 35.1 Å². The first kappa shape index (κ1) is 25.4. The van der Waals surface area contributed by atoms with Crippen molar-refractivity contribution in [1.82, 2.24) is 0 Å². The van der Waals surface area contributed by atoms with Crippen LogP contribution in [0.5, 0.6) is 0 Å². The lowest BCUT2D eigenvalue weighted by atomic mass is 10.0. The van der Waals surface area contributed by atoms with Crippen molar-refractivity contribution in [3.05, 3.63) is 11.6 Å². The fourth-order valence-corrected chi connectivity index (χ4v) is 1.26. The molecule has 0 aliphatic carbocycles. The minimum absolute atomic E-state index is 0.194. The molecule has 126 valence electrons. The number of thiol groups is 1. The van der Waals surface area contributed by atoms with E-state index in [0.29, 0.717) is 0 Å². The number of aliphatic hydroxyl groups excluding tert-OH is 1. The molecule has 0 aromatic carbocycles. The number of hydrogen-bond donors (Lipinski definition) is 4. The van der Waals surface area contributed by atoms with Crippen LogP contribution in [-0.2, 0) is 4.79 Å². The highest BCUT2D eigenvalue weighted by atomic mass is 32.1. The molecule has 0 radical (unpaired) electrons. The van der Waals surface area contributed by atoms with Crippen molar-refractivity contribution in [2.75, 3.05) is 6.61 Å². The van der Waals surface area contributed by atoms with Gasteiger partial charge in [0.15, 0.2) is 0 Å². The van der Waals surface area contributed by atoms with Gasteiger partial charge in [0, 0.05) is 0 Å². The number of aliphatic hydroxyl groups is 1. The summed E-state index contributed by atoms with van der Waals surface area (Å²) in [6.07, 6.45) is 9.21. The maximum Gasteiger partial charge on any atom is 0.329 e. The van der Waals surface area contributed by atoms with Gasteiger partial charge in [0.25, 0.3) is 0 Å². The molecular weight excluding hydrogens is 306 g/mol. The lowest BCUT2D eigenvalue weighted by Crippen LogP contribution is -1.98. The molecule has 4 N–H and O–H groups in total. The summed E-state index contributed by atoms with van der Waals surface area (Å²) < 4.78 is 0.194. The second-order valence-corrected chi connectivity index (χ2v) is 6.43. The zero-order valence-electron chi connectivity index (χ0n) is 13.6. The summed E-state index contributed by atoms with van der Waals surface area (Å²) in [4.78, 5) is 9.12. The monoisotopic (exact) mass is 337 g/mol. The molecular formula is C15H31NO3S2. The van der Waals surface area contributed by atoms with E-state index < -0.39 is 12.6 Å². The molecule has 0 aromatic heterocycles. The highest BCUT2D eigenvalue weighted by Gasteiger charge is 1.92. The van der Waals surface area contributed by atoms with Crippen molar-refractivity contribution in [2.45, 2.75) is 59.8 Å². The predicted molar refractivity (Wildman–Crippen MR) is 97.8 cm³/mol. The van der Waals surface area contributed by atoms with E-state index in [-0.39, 0.29) is 4.32 Å². The van der Waals surface area contributed by atoms with E-state index in [9.17, 15) is 0 Å². The number of nitrogens with two attached hydrogens (primary N) is 1. The summed E-state index contributed by atoms with van der Waals surface area (Å²) in [5.74, 6) is -0.307. The lowest BCUT2D eigenvalue weighted by molar-refractivity contribution is -0.140. The fourth-order valence-electron chi connectivity index (χ4n) is 1.26. The number of carboxylic acid groups (broad SMARTS) is 1. The first-order valence-electron chi connectivity index (χ1n) is 7.07. The van der Waals surface area contributed by atoms with Crippen molar-refractivity contribution in [1.29, 1.82) is 0 Å². The molecule has 0 unspecified atom stereocenters. The van der Waals surface area contributed by atoms with Crippen LogP contribution in [-0.4, -0.2) is 27.1 Å². The number of carboxylic acids is 1. The summed E-state index contributed by atoms with van der Waals surface area (Å²) in [7, 11) is 0. The second kappa shape index (κ2) is 19.4. The average molecular weight is 338 g/mol. The largest absolute Gasteiger partial charge is 0.480 e. The molecule has 0 aromatic rings. The Morgan fingerprint density at radius 3 is 2.00 bits per heavy atom. The molecule has 0 saturated carbocycles. The second-order valence-electron chi connectivity index (χ2n) is 5.20. The predicted octanol–water partition coefficient (Wildman–Crippen LogP) is 3.78. The Balaban J connectivity index is -0.000000297. The Hall–Kier alpha value is -0.590. The summed E-state index contributed by atoms with van der Waals surface area (Å²) in [5, 5.41) is 15.0. The van der Waals surface area contributed by atoms with Crippen LogP contribution in [0.15, 0.2) is 11.6 Å². The minimum atomic E-state index is -1.19. The van der Waals surface area contributed by atoms with Crippen molar-refractivity contribution in [3.63, 3.8) is 0 Å². The van der Waals surface area contributed by atoms with Crippen LogP contribution in [0.1, 0.15) is 59.8 Å². The van der Waals surface area contributed by atoms with Gasteiger partial charge in [0.05, 0.1) is 0 Å². The van der Waals surface area contributed by atoms with E-state index in [1.54, 1.807) is 0 Å². The van der Waals surface area contributed by atoms with Crippen LogP contribution in [0.2, 0.25) is 0 Å². The smallest absolute Gasteiger partial charge is 0.329 e. The molecule has 0 bridgehead atoms. The van der Waals surface area contributed by atoms with Crippen LogP contribution in [0.4, 0.5) is 0 Å². The van der Waals surface area contributed by atoms with Crippen LogP contribution in [0.3, 0.4) is 0 Å². The standard InChI is InChI=1S/C12H24.C2H4O3.CH3NS2/c1-11(2)9-7-5-6-8-10-12(3)4;3-1-2(4)5;2-1(3)4/h9,12H,5-8,10H2,1-4H3;3H,1H2,(H,4,5);(H3,2,3,4). The van der Waals surface area contributed by atoms with Gasteiger partial charge in [0.1, 0.15) is 10.9 Å². The summed E-state index contributed by atoms with van der Waals surface area (Å²) in [5.41, 5.74) is 6.16. The number of thiocarbonyl (C=S) groups is 1. The first-order valence-corrected chi connectivity index (χ1v) is 7.93. The normalized spacial score (nSPS) is 8.90. The van der Waals surface area contributed by atoms with E-state index in [1.807, 2.05) is 0 Å². The average Bonchev–Trinajstić information content (AvgIpc) is 2.33. The van der Waals surface area contributed by atoms with Gasteiger partial charge in [-0.1, -0.05) is 57.0 Å². The maximum atomic E-state index is 9.12. The Morgan fingerprint density at radius 1 is 1.29 bits per heavy atom. The van der Waals surface area contributed by atoms with Gasteiger partial charge in [0.2, 0.25) is 0 Å². The molecule has 0 aliphatic heterocycles. The third-order valence-corrected chi connectivity index (χ3v) is 2.17. The fraction of sp³-hybridized carbons (Fsp3) is 0.733. The third-order valence-electron chi connectivity index (χ3n) is 2.17. The molecule has 0 spiro atoms. The molecule has 6 heteroatoms. The van der Waals surface area contributed by atoms with E-state index in [2.05, 4.69) is 58.6 Å². The maximum absolute atomic E-state index is 9.12. The Morgan fingerprint density at radius 2 is 1.71 bits per heavy atom. The van der Waals surface area contributed by atoms with Gasteiger partial charge in [-0.25, -0.2) is 4.79 Å². The molecule has 0 heterocycles. The van der Waals surface area contributed by atoms with Crippen molar-refractivity contribution < 1.29 is 15.0 Å². The van der Waals surface area contributed by atoms with E-state index in [4.69, 9.17) is 20.7 Å². The quantitative estimate of drug-likeness (QED) is 0.246. The number of rotatable bonds is 7. The van der Waals surface area contributed by atoms with Crippen LogP contribution in [0.25, 0.3) is 0 Å². The van der Waals surface area contributed by atoms with Gasteiger partial charge in [-0.3, -0.25) is 0 Å². The molecule has 0 atom stereocenters. The van der Waals surface area contributed by atoms with Crippen LogP contribution in [0, 0.1) is 5.92 Å². The van der Waals surface area contributed by atoms with Crippen molar-refractivity contribution in [3.8, 4) is 0 Å². The summed E-state index contributed by atoms with van der Waals surface area (Å²) in [6, 6.07) is 0. The van der Waals surface area contributed by atoms with E-state index in [0.717, 1.165) is 5.92 Å². The molecule has 0 rings (SSSR count). The Bertz CT molecular complexity index is 285. The number of hydrogen-bond acceptors (Lipinski definition) is 3. The number of allylic oxidation sites excluding steroid dienone is 2. The Kier molecular flexibility index (Phi) is 23.4. The van der Waals surface area contributed by atoms with Crippen molar-refractivity contribution in [2.24, 2.45) is 11.7 Å². The topological polar surface area (TPSA) is 83.6 Å². The molecule has 0 aliphatic rings. The molecule has 0 fully saturated rings. The highest BCUT2D eigenvalue weighted by Crippen LogP contribution is 2.10. The van der Waals surface area contributed by atoms with Crippen LogP contribution < -0.4 is 5.73 Å². The summed E-state index contributed by atoms with van der Waals surface area (Å²) in [6.45, 7) is 8.18. The molecule has 21 heavy (non-hydrogen) atoms. The highest BCUT2D eigenvalue weighted by molar-refractivity contribution is 8.10. The zero-order chi connectivity index (χ0) is 17.3. The van der Waals surface area contributed by atoms with Gasteiger partial charge >= 0.3 is 5.97 Å². The third kappa shape index (κ3) is 54.3. The van der Waals surface area contributed by atoms with Gasteiger partial charge < -0.3 is 15.9 Å². The number of carbonyl (C=O) groups is 1. The molecule has 0 saturated heterocycles. The number of aliphatic carboxylic acids is 1. The Labute approximate surface area is 140 Å². The van der Waals surface area contributed by atoms with Gasteiger partial charge in [-0.05, 0) is 32.6 Å². The SMILES string of the molecule is CC(C)=CCCCCCC(C)C.NC(=S)S.O=C(O)CO. The molecule has 4 nitrogen and oxygen atoms in total. The number of unbranched alkanes of at least 4 members (excludes halogenated alkanes) is 3. The summed E-state index contributed by atoms with van der Waals surface area (Å²) >= 11 is 7.65.